The van der Waals surface area contributed by atoms with Gasteiger partial charge < -0.3 is 15.1 Å². The molecule has 0 bridgehead atoms. The first-order valence-corrected chi connectivity index (χ1v) is 9.60. The number of oxime groups is 1. The minimum atomic E-state index is -0.219. The van der Waals surface area contributed by atoms with Gasteiger partial charge in [-0.1, -0.05) is 18.1 Å². The number of hydrogen-bond acceptors (Lipinski definition) is 5. The van der Waals surface area contributed by atoms with E-state index in [1.165, 1.54) is 12.5 Å². The second kappa shape index (κ2) is 6.38. The van der Waals surface area contributed by atoms with Crippen LogP contribution in [0.25, 0.3) is 0 Å². The normalized spacial score (nSPS) is 37.0. The molecule has 5 atom stereocenters. The van der Waals surface area contributed by atoms with Crippen molar-refractivity contribution in [3.63, 3.8) is 0 Å². The molecule has 0 amide bonds. The molecule has 1 aromatic rings. The number of aromatic hydroxyl groups is 1. The van der Waals surface area contributed by atoms with Gasteiger partial charge in [0.05, 0.1) is 11.8 Å². The number of aliphatic hydroxyl groups excluding tert-OH is 1. The molecule has 2 N–H and O–H groups in total. The molecule has 5 heteroatoms. The summed E-state index contributed by atoms with van der Waals surface area (Å²) in [6, 6.07) is 5.52. The second-order valence-electron chi connectivity index (χ2n) is 8.50. The summed E-state index contributed by atoms with van der Waals surface area (Å²) in [5, 5.41) is 24.8. The number of ketones is 1. The summed E-state index contributed by atoms with van der Waals surface area (Å²) in [5.41, 5.74) is 2.95. The van der Waals surface area contributed by atoms with Crippen LogP contribution in [0, 0.1) is 17.3 Å². The molecule has 2 fully saturated rings. The van der Waals surface area contributed by atoms with Crippen LogP contribution in [0.4, 0.5) is 0 Å². The largest absolute Gasteiger partial charge is 0.508 e. The van der Waals surface area contributed by atoms with Crippen LogP contribution in [0.5, 0.6) is 5.75 Å². The van der Waals surface area contributed by atoms with Crippen LogP contribution in [-0.4, -0.2) is 34.4 Å². The molecule has 0 spiro atoms. The number of hydrogen-bond donors (Lipinski definition) is 2. The van der Waals surface area contributed by atoms with E-state index < -0.39 is 0 Å². The summed E-state index contributed by atoms with van der Waals surface area (Å²) in [7, 11) is 0. The molecule has 140 valence electrons. The zero-order chi connectivity index (χ0) is 18.5. The Hall–Kier alpha value is -1.88. The summed E-state index contributed by atoms with van der Waals surface area (Å²) in [6.07, 6.45) is 4.56. The fourth-order valence-electron chi connectivity index (χ4n) is 5.67. The van der Waals surface area contributed by atoms with Crippen molar-refractivity contribution < 1.29 is 19.8 Å². The third-order valence-electron chi connectivity index (χ3n) is 7.01. The number of phenolic OH excluding ortho intramolecular Hbond substituents is 1. The molecule has 5 nitrogen and oxygen atoms in total. The van der Waals surface area contributed by atoms with E-state index in [0.717, 1.165) is 43.4 Å². The Bertz CT molecular complexity index is 758. The number of rotatable bonds is 3. The number of fused-ring (bicyclic) bond motifs is 5. The van der Waals surface area contributed by atoms with Gasteiger partial charge in [0.15, 0.2) is 12.4 Å². The first-order chi connectivity index (χ1) is 12.4. The van der Waals surface area contributed by atoms with E-state index in [9.17, 15) is 15.0 Å². The highest BCUT2D eigenvalue weighted by molar-refractivity contribution is 6.03. The minimum Gasteiger partial charge on any atom is -0.508 e. The van der Waals surface area contributed by atoms with E-state index in [-0.39, 0.29) is 29.7 Å². The third kappa shape index (κ3) is 2.73. The number of carbonyl (C=O) groups is 1. The molecule has 3 aliphatic carbocycles. The van der Waals surface area contributed by atoms with Crippen molar-refractivity contribution in [1.82, 2.24) is 0 Å². The third-order valence-corrected chi connectivity index (χ3v) is 7.01. The van der Waals surface area contributed by atoms with Gasteiger partial charge in [0.2, 0.25) is 0 Å². The SMILES string of the molecule is CC(=O)CO/N=C1/CC2C(CCC3(C)C2CC[C@H]3O)c2ccc(O)cc21. The van der Waals surface area contributed by atoms with Gasteiger partial charge in [-0.2, -0.15) is 0 Å². The van der Waals surface area contributed by atoms with Crippen molar-refractivity contribution >= 4 is 11.5 Å². The van der Waals surface area contributed by atoms with Crippen molar-refractivity contribution in [3.8, 4) is 5.75 Å². The first kappa shape index (κ1) is 17.5. The molecule has 0 radical (unpaired) electrons. The van der Waals surface area contributed by atoms with Crippen LogP contribution in [0.1, 0.15) is 63.0 Å². The van der Waals surface area contributed by atoms with Crippen molar-refractivity contribution in [1.29, 1.82) is 0 Å². The molecule has 1 aromatic carbocycles. The highest BCUT2D eigenvalue weighted by Crippen LogP contribution is 2.60. The van der Waals surface area contributed by atoms with Crippen LogP contribution in [0.15, 0.2) is 23.4 Å². The van der Waals surface area contributed by atoms with Gasteiger partial charge in [-0.3, -0.25) is 4.79 Å². The topological polar surface area (TPSA) is 79.1 Å². The Balaban J connectivity index is 1.72. The van der Waals surface area contributed by atoms with Crippen LogP contribution in [-0.2, 0) is 9.63 Å². The van der Waals surface area contributed by atoms with E-state index in [2.05, 4.69) is 12.1 Å². The van der Waals surface area contributed by atoms with Gasteiger partial charge in [0.25, 0.3) is 0 Å². The lowest BCUT2D eigenvalue weighted by atomic mass is 9.55. The lowest BCUT2D eigenvalue weighted by molar-refractivity contribution is -0.121. The Morgan fingerprint density at radius 3 is 2.92 bits per heavy atom. The smallest absolute Gasteiger partial charge is 0.174 e. The lowest BCUT2D eigenvalue weighted by Crippen LogP contribution is -2.45. The Kier molecular flexibility index (Phi) is 4.30. The van der Waals surface area contributed by atoms with Gasteiger partial charge >= 0.3 is 0 Å². The Morgan fingerprint density at radius 1 is 1.35 bits per heavy atom. The van der Waals surface area contributed by atoms with Crippen molar-refractivity contribution in [3.05, 3.63) is 29.3 Å². The molecule has 2 saturated carbocycles. The van der Waals surface area contributed by atoms with Crippen molar-refractivity contribution in [2.45, 2.75) is 58.0 Å². The first-order valence-electron chi connectivity index (χ1n) is 9.60. The maximum absolute atomic E-state index is 11.2. The summed E-state index contributed by atoms with van der Waals surface area (Å²) >= 11 is 0. The van der Waals surface area contributed by atoms with Crippen LogP contribution in [0.3, 0.4) is 0 Å². The van der Waals surface area contributed by atoms with E-state index in [0.29, 0.717) is 17.8 Å². The number of carbonyl (C=O) groups excluding carboxylic acids is 1. The molecule has 0 aromatic heterocycles. The minimum absolute atomic E-state index is 0.0130. The second-order valence-corrected chi connectivity index (χ2v) is 8.50. The standard InChI is InChI=1S/C21H27NO4/c1-12(23)11-26-22-19-10-16-15(14-4-3-13(24)9-17(14)19)7-8-21(2)18(16)5-6-20(21)25/h3-4,9,15-16,18,20,24-25H,5-8,10-11H2,1-2H3/b22-19-/t15?,16?,18?,20-,21?/m1/s1. The average molecular weight is 357 g/mol. The fourth-order valence-corrected chi connectivity index (χ4v) is 5.67. The van der Waals surface area contributed by atoms with Crippen LogP contribution < -0.4 is 0 Å². The van der Waals surface area contributed by atoms with Crippen molar-refractivity contribution in [2.24, 2.45) is 22.4 Å². The average Bonchev–Trinajstić information content (AvgIpc) is 2.90. The molecule has 0 aliphatic heterocycles. The fraction of sp³-hybridized carbons (Fsp3) is 0.619. The summed E-state index contributed by atoms with van der Waals surface area (Å²) in [6.45, 7) is 3.68. The van der Waals surface area contributed by atoms with Gasteiger partial charge in [0, 0.05) is 5.56 Å². The molecule has 0 heterocycles. The van der Waals surface area contributed by atoms with Crippen LogP contribution >= 0.6 is 0 Å². The number of benzene rings is 1. The number of Topliss-reactive ketones (excluding diaryl/α,β-unsaturated/α-hetero) is 1. The maximum Gasteiger partial charge on any atom is 0.174 e. The molecule has 26 heavy (non-hydrogen) atoms. The van der Waals surface area contributed by atoms with E-state index in [4.69, 9.17) is 4.84 Å². The molecule has 3 aliphatic rings. The molecule has 4 rings (SSSR count). The molecule has 4 unspecified atom stereocenters. The number of nitrogens with zero attached hydrogens (tertiary/aromatic N) is 1. The van der Waals surface area contributed by atoms with Crippen molar-refractivity contribution in [2.75, 3.05) is 6.61 Å². The van der Waals surface area contributed by atoms with Gasteiger partial charge in [-0.25, -0.2) is 0 Å². The quantitative estimate of drug-likeness (QED) is 0.813. The summed E-state index contributed by atoms with van der Waals surface area (Å²) < 4.78 is 0. The molecular formula is C21H27NO4. The molecular weight excluding hydrogens is 330 g/mol. The van der Waals surface area contributed by atoms with Gasteiger partial charge in [-0.15, -0.1) is 0 Å². The van der Waals surface area contributed by atoms with E-state index >= 15 is 0 Å². The predicted molar refractivity (Wildman–Crippen MR) is 98.2 cm³/mol. The lowest BCUT2D eigenvalue weighted by Gasteiger charge is -2.50. The highest BCUT2D eigenvalue weighted by atomic mass is 16.6. The Labute approximate surface area is 154 Å². The maximum atomic E-state index is 11.2. The van der Waals surface area contributed by atoms with Crippen LogP contribution in [0.2, 0.25) is 0 Å². The summed E-state index contributed by atoms with van der Waals surface area (Å²) in [5.74, 6) is 1.47. The zero-order valence-electron chi connectivity index (χ0n) is 15.4. The van der Waals surface area contributed by atoms with Gasteiger partial charge in [-0.05, 0) is 79.9 Å². The highest BCUT2D eigenvalue weighted by Gasteiger charge is 2.55. The molecule has 0 saturated heterocycles. The summed E-state index contributed by atoms with van der Waals surface area (Å²) in [4.78, 5) is 16.5. The van der Waals surface area contributed by atoms with E-state index in [1.54, 1.807) is 12.1 Å². The zero-order valence-corrected chi connectivity index (χ0v) is 15.4. The predicted octanol–water partition coefficient (Wildman–Crippen LogP) is 3.38. The van der Waals surface area contributed by atoms with E-state index in [1.807, 2.05) is 6.07 Å². The Morgan fingerprint density at radius 2 is 2.15 bits per heavy atom. The monoisotopic (exact) mass is 357 g/mol. The van der Waals surface area contributed by atoms with Gasteiger partial charge in [0.1, 0.15) is 5.75 Å². The number of phenols is 1. The number of aliphatic hydroxyl groups is 1.